The van der Waals surface area contributed by atoms with Crippen molar-refractivity contribution in [3.8, 4) is 0 Å². The summed E-state index contributed by atoms with van der Waals surface area (Å²) in [6.07, 6.45) is 2.60. The minimum atomic E-state index is -1.21. The minimum Gasteiger partial charge on any atom is -0.465 e. The number of hydroxylamine groups is 2. The lowest BCUT2D eigenvalue weighted by Crippen LogP contribution is -2.60. The van der Waals surface area contributed by atoms with Gasteiger partial charge in [0.15, 0.2) is 12.2 Å². The van der Waals surface area contributed by atoms with Crippen LogP contribution in [0.5, 0.6) is 0 Å². The molecule has 1 aliphatic heterocycles. The highest BCUT2D eigenvalue weighted by Gasteiger charge is 2.46. The van der Waals surface area contributed by atoms with Gasteiger partial charge in [-0.25, -0.2) is 0 Å². The van der Waals surface area contributed by atoms with Crippen molar-refractivity contribution in [1.29, 1.82) is 0 Å². The van der Waals surface area contributed by atoms with Gasteiger partial charge in [0, 0.05) is 17.0 Å². The number of ether oxygens (including phenoxy) is 2. The first kappa shape index (κ1) is 23.6. The molecule has 0 N–H and O–H groups in total. The summed E-state index contributed by atoms with van der Waals surface area (Å²) < 4.78 is 10.1. The number of piperidine rings is 1. The molecule has 0 bridgehead atoms. The first-order valence-electron chi connectivity index (χ1n) is 9.77. The summed E-state index contributed by atoms with van der Waals surface area (Å²) in [7, 11) is 0. The molecule has 156 valence electrons. The number of nitrogens with zero attached hydrogens (tertiary/aromatic N) is 1. The fourth-order valence-corrected chi connectivity index (χ4v) is 3.81. The predicted molar refractivity (Wildman–Crippen MR) is 101 cm³/mol. The molecule has 1 saturated heterocycles. The molecule has 1 aliphatic rings. The molecular formula is C20H35NO6. The maximum absolute atomic E-state index is 12.4. The van der Waals surface area contributed by atoms with E-state index in [1.165, 1.54) is 0 Å². The molecule has 7 heteroatoms. The van der Waals surface area contributed by atoms with Gasteiger partial charge in [0.25, 0.3) is 0 Å². The van der Waals surface area contributed by atoms with Gasteiger partial charge < -0.3 is 14.3 Å². The van der Waals surface area contributed by atoms with E-state index in [9.17, 15) is 14.4 Å². The highest BCUT2D eigenvalue weighted by molar-refractivity contribution is 5.95. The van der Waals surface area contributed by atoms with E-state index in [1.54, 1.807) is 20.8 Å². The lowest BCUT2D eigenvalue weighted by Gasteiger charge is -2.52. The minimum absolute atomic E-state index is 0.139. The summed E-state index contributed by atoms with van der Waals surface area (Å²) >= 11 is 0. The quantitative estimate of drug-likeness (QED) is 0.343. The van der Waals surface area contributed by atoms with E-state index in [2.05, 4.69) is 27.7 Å². The SMILES string of the molecule is CCOC(=O)C(C(=O)OCC)[C@H](C)[C@@H](C=O)ON1C(C)(C)CCCC1(C)C. The normalized spacial score (nSPS) is 21.3. The molecule has 0 aromatic carbocycles. The molecular weight excluding hydrogens is 350 g/mol. The zero-order chi connectivity index (χ0) is 20.8. The van der Waals surface area contributed by atoms with Crippen molar-refractivity contribution in [2.24, 2.45) is 11.8 Å². The Hall–Kier alpha value is -1.47. The summed E-state index contributed by atoms with van der Waals surface area (Å²) in [5.41, 5.74) is -0.543. The topological polar surface area (TPSA) is 82.1 Å². The Labute approximate surface area is 162 Å². The maximum Gasteiger partial charge on any atom is 0.320 e. The Morgan fingerprint density at radius 2 is 1.44 bits per heavy atom. The third kappa shape index (κ3) is 5.75. The summed E-state index contributed by atoms with van der Waals surface area (Å²) in [4.78, 5) is 42.7. The van der Waals surface area contributed by atoms with Gasteiger partial charge >= 0.3 is 11.9 Å². The van der Waals surface area contributed by atoms with Crippen molar-refractivity contribution in [1.82, 2.24) is 5.06 Å². The van der Waals surface area contributed by atoms with E-state index in [0.717, 1.165) is 19.3 Å². The number of esters is 2. The summed E-state index contributed by atoms with van der Waals surface area (Å²) in [5.74, 6) is -3.34. The molecule has 7 nitrogen and oxygen atoms in total. The molecule has 27 heavy (non-hydrogen) atoms. The molecule has 0 saturated carbocycles. The average Bonchev–Trinajstić information content (AvgIpc) is 2.54. The highest BCUT2D eigenvalue weighted by atomic mass is 16.7. The van der Waals surface area contributed by atoms with Gasteiger partial charge in [-0.05, 0) is 60.8 Å². The Morgan fingerprint density at radius 3 is 1.81 bits per heavy atom. The van der Waals surface area contributed by atoms with Crippen molar-refractivity contribution < 1.29 is 28.7 Å². The average molecular weight is 386 g/mol. The molecule has 1 heterocycles. The molecule has 0 amide bonds. The molecule has 1 rings (SSSR count). The highest BCUT2D eigenvalue weighted by Crippen LogP contribution is 2.39. The zero-order valence-electron chi connectivity index (χ0n) is 17.7. The summed E-state index contributed by atoms with van der Waals surface area (Å²) in [5, 5.41) is 1.85. The van der Waals surface area contributed by atoms with Crippen LogP contribution in [0, 0.1) is 11.8 Å². The number of rotatable bonds is 9. The second kappa shape index (κ2) is 9.64. The molecule has 2 atom stereocenters. The van der Waals surface area contributed by atoms with Gasteiger partial charge in [-0.3, -0.25) is 14.4 Å². The van der Waals surface area contributed by atoms with E-state index in [0.29, 0.717) is 6.29 Å². The first-order chi connectivity index (χ1) is 12.5. The smallest absolute Gasteiger partial charge is 0.320 e. The molecule has 0 aromatic rings. The Kier molecular flexibility index (Phi) is 8.42. The van der Waals surface area contributed by atoms with Crippen LogP contribution in [0.25, 0.3) is 0 Å². The van der Waals surface area contributed by atoms with E-state index < -0.39 is 29.9 Å². The van der Waals surface area contributed by atoms with Crippen LogP contribution in [0.1, 0.15) is 67.7 Å². The summed E-state index contributed by atoms with van der Waals surface area (Å²) in [6, 6.07) is 0. The van der Waals surface area contributed by atoms with Crippen molar-refractivity contribution in [3.63, 3.8) is 0 Å². The van der Waals surface area contributed by atoms with E-state index in [-0.39, 0.29) is 24.3 Å². The number of hydrogen-bond acceptors (Lipinski definition) is 7. The van der Waals surface area contributed by atoms with Crippen LogP contribution >= 0.6 is 0 Å². The van der Waals surface area contributed by atoms with Crippen LogP contribution in [0.2, 0.25) is 0 Å². The third-order valence-corrected chi connectivity index (χ3v) is 5.16. The van der Waals surface area contributed by atoms with E-state index in [1.807, 2.05) is 5.06 Å². The number of carbonyl (C=O) groups excluding carboxylic acids is 3. The van der Waals surface area contributed by atoms with Crippen molar-refractivity contribution in [3.05, 3.63) is 0 Å². The van der Waals surface area contributed by atoms with Gasteiger partial charge in [-0.1, -0.05) is 6.92 Å². The van der Waals surface area contributed by atoms with Gasteiger partial charge in [0.1, 0.15) is 6.10 Å². The molecule has 0 spiro atoms. The van der Waals surface area contributed by atoms with Crippen LogP contribution in [-0.2, 0) is 28.7 Å². The Morgan fingerprint density at radius 1 is 1.00 bits per heavy atom. The van der Waals surface area contributed by atoms with Crippen molar-refractivity contribution >= 4 is 18.2 Å². The Balaban J connectivity index is 3.10. The lowest BCUT2D eigenvalue weighted by molar-refractivity contribution is -0.304. The van der Waals surface area contributed by atoms with Crippen LogP contribution in [0.4, 0.5) is 0 Å². The molecule has 0 unspecified atom stereocenters. The molecule has 0 aliphatic carbocycles. The predicted octanol–water partition coefficient (Wildman–Crippen LogP) is 2.91. The fraction of sp³-hybridized carbons (Fsp3) is 0.850. The molecule has 0 aromatic heterocycles. The third-order valence-electron chi connectivity index (χ3n) is 5.16. The van der Waals surface area contributed by atoms with Gasteiger partial charge in [0.05, 0.1) is 13.2 Å². The number of aldehydes is 1. The van der Waals surface area contributed by atoms with Crippen LogP contribution in [0.15, 0.2) is 0 Å². The monoisotopic (exact) mass is 385 g/mol. The van der Waals surface area contributed by atoms with E-state index >= 15 is 0 Å². The van der Waals surface area contributed by atoms with Crippen LogP contribution < -0.4 is 0 Å². The van der Waals surface area contributed by atoms with Gasteiger partial charge in [0.2, 0.25) is 0 Å². The second-order valence-electron chi connectivity index (χ2n) is 8.32. The van der Waals surface area contributed by atoms with Crippen molar-refractivity contribution in [2.75, 3.05) is 13.2 Å². The standard InChI is InChI=1S/C20H35NO6/c1-8-25-17(23)16(18(24)26-9-2)14(3)15(13-22)27-21-19(4,5)11-10-12-20(21,6)7/h13-16H,8-12H2,1-7H3/t14-,15-/m1/s1. The molecule has 0 radical (unpaired) electrons. The molecule has 1 fully saturated rings. The zero-order valence-corrected chi connectivity index (χ0v) is 17.7. The van der Waals surface area contributed by atoms with Crippen molar-refractivity contribution in [2.45, 2.75) is 84.9 Å². The Bertz CT molecular complexity index is 497. The number of hydrogen-bond donors (Lipinski definition) is 0. The lowest BCUT2D eigenvalue weighted by atomic mass is 9.82. The van der Waals surface area contributed by atoms with E-state index in [4.69, 9.17) is 14.3 Å². The number of carbonyl (C=O) groups is 3. The van der Waals surface area contributed by atoms with Crippen LogP contribution in [-0.4, -0.2) is 53.7 Å². The fourth-order valence-electron chi connectivity index (χ4n) is 3.81. The first-order valence-corrected chi connectivity index (χ1v) is 9.77. The van der Waals surface area contributed by atoms with Gasteiger partial charge in [-0.15, -0.1) is 0 Å². The second-order valence-corrected chi connectivity index (χ2v) is 8.32. The maximum atomic E-state index is 12.4. The largest absolute Gasteiger partial charge is 0.465 e. The summed E-state index contributed by atoms with van der Waals surface area (Å²) in [6.45, 7) is 13.5. The van der Waals surface area contributed by atoms with Gasteiger partial charge in [-0.2, -0.15) is 5.06 Å². The van der Waals surface area contributed by atoms with Crippen LogP contribution in [0.3, 0.4) is 0 Å².